The van der Waals surface area contributed by atoms with Gasteiger partial charge in [-0.1, -0.05) is 11.6 Å². The van der Waals surface area contributed by atoms with Crippen molar-refractivity contribution in [1.29, 1.82) is 0 Å². The van der Waals surface area contributed by atoms with Gasteiger partial charge in [0.15, 0.2) is 5.78 Å². The number of carbonyl (C=O) groups is 4. The van der Waals surface area contributed by atoms with Crippen LogP contribution in [-0.4, -0.2) is 69.8 Å². The third kappa shape index (κ3) is 7.21. The highest BCUT2D eigenvalue weighted by molar-refractivity contribution is 6.31. The lowest BCUT2D eigenvalue weighted by Gasteiger charge is -2.34. The van der Waals surface area contributed by atoms with Crippen LogP contribution in [0.15, 0.2) is 35.4 Å². The second kappa shape index (κ2) is 12.8. The molecule has 236 valence electrons. The van der Waals surface area contributed by atoms with E-state index in [2.05, 4.69) is 20.4 Å². The highest BCUT2D eigenvalue weighted by Gasteiger charge is 2.36. The average Bonchev–Trinajstić information content (AvgIpc) is 3.77. The number of aromatic nitrogens is 2. The predicted molar refractivity (Wildman–Crippen MR) is 158 cm³/mol. The lowest BCUT2D eigenvalue weighted by Crippen LogP contribution is -2.43. The van der Waals surface area contributed by atoms with Crippen LogP contribution in [0.5, 0.6) is 0 Å². The van der Waals surface area contributed by atoms with Crippen molar-refractivity contribution in [2.45, 2.75) is 57.7 Å². The molecule has 0 radical (unpaired) electrons. The maximum atomic E-state index is 14.8. The quantitative estimate of drug-likeness (QED) is 0.141. The van der Waals surface area contributed by atoms with Gasteiger partial charge in [-0.3, -0.25) is 23.9 Å². The second-order valence-electron chi connectivity index (χ2n) is 11.1. The summed E-state index contributed by atoms with van der Waals surface area (Å²) in [5.74, 6) is -5.94. The lowest BCUT2D eigenvalue weighted by atomic mass is 10.1. The number of carbonyl (C=O) groups excluding carboxylic acids is 4. The summed E-state index contributed by atoms with van der Waals surface area (Å²) in [6.07, 6.45) is 1.39. The minimum absolute atomic E-state index is 0.0142. The van der Waals surface area contributed by atoms with Crippen molar-refractivity contribution in [3.63, 3.8) is 0 Å². The number of hydrogen-bond donors (Lipinski definition) is 1. The first-order chi connectivity index (χ1) is 21.4. The topological polar surface area (TPSA) is 153 Å². The zero-order valence-electron chi connectivity index (χ0n) is 24.1. The molecule has 1 N–H and O–H groups in total. The minimum Gasteiger partial charge on any atom is -0.365 e. The highest BCUT2D eigenvalue weighted by atomic mass is 35.5. The number of azide groups is 1. The van der Waals surface area contributed by atoms with E-state index in [4.69, 9.17) is 17.1 Å². The summed E-state index contributed by atoms with van der Waals surface area (Å²) in [6.45, 7) is 0.191. The summed E-state index contributed by atoms with van der Waals surface area (Å²) >= 11 is 6.06. The third-order valence-electron chi connectivity index (χ3n) is 7.70. The first-order valence-corrected chi connectivity index (χ1v) is 14.5. The number of rotatable bonds is 10. The largest absolute Gasteiger partial charge is 0.365 e. The number of Topliss-reactive ketones (excluding diaryl/α,β-unsaturated/α-hetero) is 1. The number of nitrogens with zero attached hydrogens (tertiary/aromatic N) is 7. The van der Waals surface area contributed by atoms with Crippen molar-refractivity contribution in [3.8, 4) is 0 Å². The van der Waals surface area contributed by atoms with Gasteiger partial charge in [-0.15, -0.1) is 0 Å². The molecule has 3 amide bonds. The number of piperidine rings is 1. The minimum atomic E-state index is -2.88. The van der Waals surface area contributed by atoms with Gasteiger partial charge in [-0.25, -0.2) is 13.2 Å². The first-order valence-electron chi connectivity index (χ1n) is 14.1. The summed E-state index contributed by atoms with van der Waals surface area (Å²) in [7, 11) is 0. The summed E-state index contributed by atoms with van der Waals surface area (Å²) in [6, 6.07) is 6.70. The fourth-order valence-corrected chi connectivity index (χ4v) is 5.58. The van der Waals surface area contributed by atoms with E-state index in [9.17, 15) is 32.3 Å². The van der Waals surface area contributed by atoms with Crippen molar-refractivity contribution < 1.29 is 32.3 Å². The molecule has 45 heavy (non-hydrogen) atoms. The van der Waals surface area contributed by atoms with E-state index in [1.54, 1.807) is 0 Å². The zero-order valence-corrected chi connectivity index (χ0v) is 24.9. The molecule has 2 heterocycles. The molecule has 2 fully saturated rings. The third-order valence-corrected chi connectivity index (χ3v) is 7.97. The Morgan fingerprint density at radius 3 is 2.64 bits per heavy atom. The van der Waals surface area contributed by atoms with Crippen molar-refractivity contribution in [2.24, 2.45) is 5.11 Å². The fourth-order valence-electron chi connectivity index (χ4n) is 5.35. The Labute approximate surface area is 259 Å². The van der Waals surface area contributed by atoms with Crippen LogP contribution in [0.2, 0.25) is 5.02 Å². The van der Waals surface area contributed by atoms with Crippen molar-refractivity contribution >= 4 is 51.7 Å². The van der Waals surface area contributed by atoms with Crippen LogP contribution in [0.25, 0.3) is 21.3 Å². The van der Waals surface area contributed by atoms with Gasteiger partial charge in [-0.05, 0) is 60.2 Å². The summed E-state index contributed by atoms with van der Waals surface area (Å²) in [4.78, 5) is 55.9. The molecule has 3 aromatic rings. The maximum Gasteiger partial charge on any atom is 0.265 e. The molecule has 2 aliphatic rings. The Morgan fingerprint density at radius 2 is 1.98 bits per heavy atom. The Hall–Kier alpha value is -4.62. The van der Waals surface area contributed by atoms with Gasteiger partial charge >= 0.3 is 0 Å². The monoisotopic (exact) mass is 644 g/mol. The number of benzene rings is 2. The fraction of sp³-hybridized carbons (Fsp3) is 0.414. The SMILES string of the molecule is CC(=O)c1nn(CC(=O)N(CC(=O)NCc2cc(N3CCCC(F)(F)C3)cc(Cl)c2F)C2CC2)c2ccc(C(=O)N=[N+]=[N-])cc12. The Morgan fingerprint density at radius 1 is 1.22 bits per heavy atom. The molecular weight excluding hydrogens is 617 g/mol. The van der Waals surface area contributed by atoms with E-state index in [-0.39, 0.29) is 60.4 Å². The normalized spacial score (nSPS) is 15.8. The van der Waals surface area contributed by atoms with Crippen LogP contribution in [0, 0.1) is 5.82 Å². The first kappa shape index (κ1) is 31.8. The van der Waals surface area contributed by atoms with Gasteiger partial charge in [0.25, 0.3) is 5.92 Å². The standard InChI is InChI=1S/C29H28ClF3N8O4/c1-16(42)27-21-10-17(28(45)36-38-34)3-6-23(21)41(37-27)14-25(44)40(19-4-5-19)13-24(43)35-12-18-9-20(11-22(30)26(18)31)39-8-2-7-29(32,33)15-39/h3,6,9-11,19H,2,4-5,7-8,12-15H2,1H3,(H,35,43). The van der Waals surface area contributed by atoms with E-state index in [0.717, 1.165) is 0 Å². The smallest absolute Gasteiger partial charge is 0.265 e. The predicted octanol–water partition coefficient (Wildman–Crippen LogP) is 5.02. The van der Waals surface area contributed by atoms with Gasteiger partial charge < -0.3 is 15.1 Å². The Bertz CT molecular complexity index is 1750. The number of halogens is 4. The summed E-state index contributed by atoms with van der Waals surface area (Å²) in [5, 5.41) is 9.95. The van der Waals surface area contributed by atoms with Crippen LogP contribution in [0.1, 0.15) is 59.0 Å². The van der Waals surface area contributed by atoms with Crippen LogP contribution >= 0.6 is 11.6 Å². The van der Waals surface area contributed by atoms with Crippen LogP contribution in [0.4, 0.5) is 18.9 Å². The molecule has 1 aliphatic carbocycles. The highest BCUT2D eigenvalue weighted by Crippen LogP contribution is 2.33. The molecule has 0 atom stereocenters. The van der Waals surface area contributed by atoms with E-state index in [0.29, 0.717) is 36.0 Å². The van der Waals surface area contributed by atoms with Gasteiger partial charge in [0.05, 0.1) is 23.6 Å². The number of nitrogens with one attached hydrogen (secondary N) is 1. The van der Waals surface area contributed by atoms with Gasteiger partial charge in [-0.2, -0.15) is 5.10 Å². The van der Waals surface area contributed by atoms with Gasteiger partial charge in [0.1, 0.15) is 18.1 Å². The molecule has 16 heteroatoms. The van der Waals surface area contributed by atoms with Gasteiger partial charge in [0.2, 0.25) is 17.7 Å². The number of amides is 3. The van der Waals surface area contributed by atoms with E-state index in [1.165, 1.54) is 51.7 Å². The van der Waals surface area contributed by atoms with Crippen molar-refractivity contribution in [3.05, 3.63) is 68.4 Å². The molecule has 0 unspecified atom stereocenters. The Balaban J connectivity index is 1.28. The molecule has 2 aromatic carbocycles. The molecule has 0 bridgehead atoms. The van der Waals surface area contributed by atoms with E-state index < -0.39 is 41.8 Å². The number of anilines is 1. The molecular formula is C29H28ClF3N8O4. The molecule has 1 aromatic heterocycles. The van der Waals surface area contributed by atoms with Crippen LogP contribution in [0.3, 0.4) is 0 Å². The molecule has 0 spiro atoms. The number of fused-ring (bicyclic) bond motifs is 1. The van der Waals surface area contributed by atoms with E-state index >= 15 is 0 Å². The van der Waals surface area contributed by atoms with Crippen LogP contribution < -0.4 is 10.2 Å². The summed E-state index contributed by atoms with van der Waals surface area (Å²) in [5.41, 5.74) is 9.34. The number of hydrogen-bond acceptors (Lipinski definition) is 6. The maximum absolute atomic E-state index is 14.8. The molecule has 12 nitrogen and oxygen atoms in total. The second-order valence-corrected chi connectivity index (χ2v) is 11.5. The molecule has 1 saturated heterocycles. The summed E-state index contributed by atoms with van der Waals surface area (Å²) < 4.78 is 44.1. The lowest BCUT2D eigenvalue weighted by molar-refractivity contribution is -0.137. The number of alkyl halides is 2. The zero-order chi connectivity index (χ0) is 32.5. The van der Waals surface area contributed by atoms with E-state index in [1.807, 2.05) is 0 Å². The molecule has 1 aliphatic heterocycles. The molecule has 5 rings (SSSR count). The van der Waals surface area contributed by atoms with Gasteiger partial charge in [0, 0.05) is 59.6 Å². The number of ketones is 1. The van der Waals surface area contributed by atoms with Crippen molar-refractivity contribution in [2.75, 3.05) is 24.5 Å². The van der Waals surface area contributed by atoms with Crippen molar-refractivity contribution in [1.82, 2.24) is 20.0 Å². The molecule has 1 saturated carbocycles. The van der Waals surface area contributed by atoms with Crippen LogP contribution in [-0.2, 0) is 22.7 Å². The Kier molecular flexibility index (Phi) is 9.03. The average molecular weight is 645 g/mol.